The molecule has 4 N–H and O–H groups in total. The standard InChI is InChI=1S/C18H38N2O4/c1-2-3-4-5-6-7-8-9-10-11-17(22)19-12-13-20(14-15-21)16-18(23)24/h17,19,21-22H,2-16H2,1H3,(H,23,24). The van der Waals surface area contributed by atoms with E-state index in [0.29, 0.717) is 19.6 Å². The van der Waals surface area contributed by atoms with Gasteiger partial charge in [0.1, 0.15) is 6.23 Å². The van der Waals surface area contributed by atoms with E-state index in [1.54, 1.807) is 4.90 Å². The highest BCUT2D eigenvalue weighted by molar-refractivity contribution is 5.69. The first-order valence-electron chi connectivity index (χ1n) is 9.56. The fraction of sp³-hybridized carbons (Fsp3) is 0.944. The summed E-state index contributed by atoms with van der Waals surface area (Å²) in [5.41, 5.74) is 0. The molecule has 0 aromatic rings. The first-order chi connectivity index (χ1) is 11.6. The third kappa shape index (κ3) is 16.2. The molecule has 1 atom stereocenters. The predicted octanol–water partition coefficient (Wildman–Crippen LogP) is 2.19. The minimum Gasteiger partial charge on any atom is -0.480 e. The largest absolute Gasteiger partial charge is 0.480 e. The van der Waals surface area contributed by atoms with Gasteiger partial charge >= 0.3 is 5.97 Å². The molecule has 0 aromatic carbocycles. The number of carboxylic acids is 1. The number of aliphatic carboxylic acids is 1. The van der Waals surface area contributed by atoms with E-state index in [4.69, 9.17) is 10.2 Å². The molecule has 0 amide bonds. The van der Waals surface area contributed by atoms with E-state index in [0.717, 1.165) is 19.3 Å². The smallest absolute Gasteiger partial charge is 0.317 e. The van der Waals surface area contributed by atoms with Gasteiger partial charge in [0.2, 0.25) is 0 Å². The van der Waals surface area contributed by atoms with Crippen LogP contribution in [0.1, 0.15) is 71.1 Å². The second-order valence-corrected chi connectivity index (χ2v) is 6.48. The van der Waals surface area contributed by atoms with Gasteiger partial charge in [0, 0.05) is 19.6 Å². The van der Waals surface area contributed by atoms with Crippen molar-refractivity contribution in [3.05, 3.63) is 0 Å². The lowest BCUT2D eigenvalue weighted by Gasteiger charge is -2.20. The topological polar surface area (TPSA) is 93.0 Å². The zero-order valence-corrected chi connectivity index (χ0v) is 15.4. The monoisotopic (exact) mass is 346 g/mol. The molecular formula is C18H38N2O4. The Balaban J connectivity index is 3.48. The molecule has 6 nitrogen and oxygen atoms in total. The number of nitrogens with zero attached hydrogens (tertiary/aromatic N) is 1. The van der Waals surface area contributed by atoms with Crippen LogP contribution in [0.15, 0.2) is 0 Å². The van der Waals surface area contributed by atoms with Crippen LogP contribution in [0.4, 0.5) is 0 Å². The molecule has 0 saturated carbocycles. The van der Waals surface area contributed by atoms with E-state index in [2.05, 4.69) is 12.2 Å². The Morgan fingerprint density at radius 3 is 2.12 bits per heavy atom. The number of aliphatic hydroxyl groups is 2. The molecule has 1 unspecified atom stereocenters. The Hall–Kier alpha value is -0.690. The third-order valence-corrected chi connectivity index (χ3v) is 4.16. The molecule has 0 aliphatic carbocycles. The Morgan fingerprint density at radius 1 is 1.00 bits per heavy atom. The van der Waals surface area contributed by atoms with Crippen molar-refractivity contribution in [2.75, 3.05) is 32.8 Å². The van der Waals surface area contributed by atoms with Crippen LogP contribution in [0.25, 0.3) is 0 Å². The Kier molecular flexibility index (Phi) is 16.7. The minimum absolute atomic E-state index is 0.0612. The second-order valence-electron chi connectivity index (χ2n) is 6.48. The number of nitrogens with one attached hydrogen (secondary N) is 1. The molecule has 0 radical (unpaired) electrons. The summed E-state index contributed by atoms with van der Waals surface area (Å²) in [6.07, 6.45) is 11.6. The molecule has 0 saturated heterocycles. The quantitative estimate of drug-likeness (QED) is 0.225. The van der Waals surface area contributed by atoms with E-state index in [1.807, 2.05) is 0 Å². The van der Waals surface area contributed by atoms with Crippen molar-refractivity contribution in [1.29, 1.82) is 0 Å². The lowest BCUT2D eigenvalue weighted by molar-refractivity contribution is -0.138. The van der Waals surface area contributed by atoms with Gasteiger partial charge in [-0.1, -0.05) is 58.3 Å². The van der Waals surface area contributed by atoms with Crippen molar-refractivity contribution in [2.24, 2.45) is 0 Å². The average molecular weight is 347 g/mol. The number of hydrogen-bond donors (Lipinski definition) is 4. The molecule has 0 aliphatic heterocycles. The maximum atomic E-state index is 10.7. The van der Waals surface area contributed by atoms with Crippen LogP contribution >= 0.6 is 0 Å². The maximum absolute atomic E-state index is 10.7. The summed E-state index contributed by atoms with van der Waals surface area (Å²) in [6.45, 7) is 3.44. The molecule has 0 aliphatic rings. The number of hydrogen-bond acceptors (Lipinski definition) is 5. The van der Waals surface area contributed by atoms with Crippen molar-refractivity contribution >= 4 is 5.97 Å². The summed E-state index contributed by atoms with van der Waals surface area (Å²) in [4.78, 5) is 12.3. The first kappa shape index (κ1) is 23.3. The molecule has 0 spiro atoms. The number of aliphatic hydroxyl groups excluding tert-OH is 2. The van der Waals surface area contributed by atoms with Crippen LogP contribution in [0.2, 0.25) is 0 Å². The van der Waals surface area contributed by atoms with Crippen molar-refractivity contribution in [2.45, 2.75) is 77.4 Å². The summed E-state index contributed by atoms with van der Waals surface area (Å²) < 4.78 is 0. The molecule has 0 rings (SSSR count). The van der Waals surface area contributed by atoms with Gasteiger partial charge in [-0.2, -0.15) is 0 Å². The lowest BCUT2D eigenvalue weighted by Crippen LogP contribution is -2.40. The van der Waals surface area contributed by atoms with Gasteiger partial charge < -0.3 is 15.3 Å². The van der Waals surface area contributed by atoms with Gasteiger partial charge in [-0.3, -0.25) is 15.0 Å². The molecule has 6 heteroatoms. The van der Waals surface area contributed by atoms with E-state index in [-0.39, 0.29) is 13.2 Å². The van der Waals surface area contributed by atoms with Gasteiger partial charge in [0.25, 0.3) is 0 Å². The minimum atomic E-state index is -0.904. The Bertz CT molecular complexity index is 290. The second kappa shape index (κ2) is 17.1. The van der Waals surface area contributed by atoms with Crippen LogP contribution < -0.4 is 5.32 Å². The average Bonchev–Trinajstić information content (AvgIpc) is 2.53. The number of carboxylic acid groups (broad SMARTS) is 1. The van der Waals surface area contributed by atoms with Gasteiger partial charge in [-0.15, -0.1) is 0 Å². The lowest BCUT2D eigenvalue weighted by atomic mass is 10.1. The Morgan fingerprint density at radius 2 is 1.58 bits per heavy atom. The third-order valence-electron chi connectivity index (χ3n) is 4.16. The van der Waals surface area contributed by atoms with Gasteiger partial charge in [0.05, 0.1) is 13.2 Å². The Labute approximate surface area is 147 Å². The van der Waals surface area contributed by atoms with Gasteiger partial charge in [0.15, 0.2) is 0 Å². The normalized spacial score (nSPS) is 12.7. The first-order valence-corrected chi connectivity index (χ1v) is 9.56. The highest BCUT2D eigenvalue weighted by Gasteiger charge is 2.09. The fourth-order valence-corrected chi connectivity index (χ4v) is 2.74. The zero-order valence-electron chi connectivity index (χ0n) is 15.4. The summed E-state index contributed by atoms with van der Waals surface area (Å²) in [5, 5.41) is 30.6. The molecule has 144 valence electrons. The van der Waals surface area contributed by atoms with Crippen molar-refractivity contribution in [1.82, 2.24) is 10.2 Å². The molecule has 0 fully saturated rings. The molecule has 0 bridgehead atoms. The molecular weight excluding hydrogens is 308 g/mol. The van der Waals surface area contributed by atoms with E-state index >= 15 is 0 Å². The highest BCUT2D eigenvalue weighted by atomic mass is 16.4. The summed E-state index contributed by atoms with van der Waals surface area (Å²) in [7, 11) is 0. The van der Waals surface area contributed by atoms with Crippen molar-refractivity contribution < 1.29 is 20.1 Å². The fourth-order valence-electron chi connectivity index (χ4n) is 2.74. The zero-order chi connectivity index (χ0) is 18.0. The summed E-state index contributed by atoms with van der Waals surface area (Å²) >= 11 is 0. The van der Waals surface area contributed by atoms with Crippen LogP contribution in [-0.4, -0.2) is 65.2 Å². The van der Waals surface area contributed by atoms with E-state index in [1.165, 1.54) is 44.9 Å². The van der Waals surface area contributed by atoms with E-state index in [9.17, 15) is 9.90 Å². The summed E-state index contributed by atoms with van der Waals surface area (Å²) in [5.74, 6) is -0.904. The van der Waals surface area contributed by atoms with Crippen LogP contribution in [0, 0.1) is 0 Å². The molecule has 24 heavy (non-hydrogen) atoms. The molecule has 0 heterocycles. The van der Waals surface area contributed by atoms with Crippen LogP contribution in [0.5, 0.6) is 0 Å². The van der Waals surface area contributed by atoms with Crippen LogP contribution in [0.3, 0.4) is 0 Å². The van der Waals surface area contributed by atoms with Crippen molar-refractivity contribution in [3.63, 3.8) is 0 Å². The molecule has 0 aromatic heterocycles. The predicted molar refractivity (Wildman–Crippen MR) is 97.0 cm³/mol. The van der Waals surface area contributed by atoms with Crippen LogP contribution in [-0.2, 0) is 4.79 Å². The van der Waals surface area contributed by atoms with Gasteiger partial charge in [-0.25, -0.2) is 0 Å². The highest BCUT2D eigenvalue weighted by Crippen LogP contribution is 2.10. The van der Waals surface area contributed by atoms with Gasteiger partial charge in [-0.05, 0) is 12.8 Å². The number of rotatable bonds is 18. The SMILES string of the molecule is CCCCCCCCCCCC(O)NCCN(CCO)CC(=O)O. The van der Waals surface area contributed by atoms with Crippen molar-refractivity contribution in [3.8, 4) is 0 Å². The van der Waals surface area contributed by atoms with E-state index < -0.39 is 12.2 Å². The number of carbonyl (C=O) groups is 1. The number of unbranched alkanes of at least 4 members (excludes halogenated alkanes) is 8. The summed E-state index contributed by atoms with van der Waals surface area (Å²) in [6, 6.07) is 0. The maximum Gasteiger partial charge on any atom is 0.317 e.